The molecule has 0 saturated carbocycles. The summed E-state index contributed by atoms with van der Waals surface area (Å²) in [5.41, 5.74) is 5.36. The Bertz CT molecular complexity index is 242. The first-order chi connectivity index (χ1) is 8.02. The average molecular weight is 244 g/mol. The van der Waals surface area contributed by atoms with Gasteiger partial charge in [0.1, 0.15) is 6.04 Å². The first-order valence-electron chi connectivity index (χ1n) is 6.10. The molecule has 0 fully saturated rings. The quantitative estimate of drug-likeness (QED) is 0.489. The Morgan fingerprint density at radius 2 is 1.88 bits per heavy atom. The van der Waals surface area contributed by atoms with Crippen LogP contribution >= 0.6 is 0 Å². The number of unbranched alkanes of at least 4 members (excludes halogenated alkanes) is 2. The fourth-order valence-electron chi connectivity index (χ4n) is 1.48. The number of esters is 1. The van der Waals surface area contributed by atoms with Gasteiger partial charge in [-0.05, 0) is 25.3 Å². The molecule has 0 aromatic carbocycles. The van der Waals surface area contributed by atoms with Crippen molar-refractivity contribution in [1.29, 1.82) is 0 Å². The van der Waals surface area contributed by atoms with Crippen molar-refractivity contribution in [2.45, 2.75) is 45.6 Å². The summed E-state index contributed by atoms with van der Waals surface area (Å²) in [6.45, 7) is 4.39. The number of nitrogens with two attached hydrogens (primary N) is 1. The number of ether oxygens (including phenoxy) is 1. The molecule has 0 radical (unpaired) electrons. The van der Waals surface area contributed by atoms with Crippen LogP contribution in [0.25, 0.3) is 0 Å². The van der Waals surface area contributed by atoms with E-state index in [9.17, 15) is 9.59 Å². The molecule has 1 amide bonds. The molecule has 0 saturated heterocycles. The van der Waals surface area contributed by atoms with Crippen molar-refractivity contribution in [1.82, 2.24) is 5.32 Å². The minimum Gasteiger partial charge on any atom is -0.467 e. The molecular formula is C12H24N2O3. The minimum atomic E-state index is -0.554. The van der Waals surface area contributed by atoms with Crippen molar-refractivity contribution in [3.63, 3.8) is 0 Å². The standard InChI is InChI=1S/C12H24N2O3/c1-9(2)11(12(16)17-3)14-10(15)7-5-4-6-8-13/h9,11H,4-8,13H2,1-3H3,(H,14,15). The van der Waals surface area contributed by atoms with E-state index in [-0.39, 0.29) is 11.8 Å². The lowest BCUT2D eigenvalue weighted by Gasteiger charge is -2.19. The molecule has 0 aliphatic carbocycles. The molecule has 0 aromatic heterocycles. The molecule has 0 aromatic rings. The van der Waals surface area contributed by atoms with Crippen LogP contribution in [0.1, 0.15) is 39.5 Å². The highest BCUT2D eigenvalue weighted by atomic mass is 16.5. The summed E-state index contributed by atoms with van der Waals surface area (Å²) in [5.74, 6) is -0.475. The van der Waals surface area contributed by atoms with Crippen LogP contribution in [0.15, 0.2) is 0 Å². The number of hydrogen-bond acceptors (Lipinski definition) is 4. The monoisotopic (exact) mass is 244 g/mol. The van der Waals surface area contributed by atoms with Crippen molar-refractivity contribution in [2.75, 3.05) is 13.7 Å². The zero-order chi connectivity index (χ0) is 13.3. The fourth-order valence-corrected chi connectivity index (χ4v) is 1.48. The second-order valence-electron chi connectivity index (χ2n) is 4.41. The van der Waals surface area contributed by atoms with Crippen molar-refractivity contribution >= 4 is 11.9 Å². The average Bonchev–Trinajstić information content (AvgIpc) is 2.30. The summed E-state index contributed by atoms with van der Waals surface area (Å²) in [6, 6.07) is -0.554. The number of nitrogens with one attached hydrogen (secondary N) is 1. The van der Waals surface area contributed by atoms with Gasteiger partial charge in [0.2, 0.25) is 5.91 Å². The smallest absolute Gasteiger partial charge is 0.328 e. The summed E-state index contributed by atoms with van der Waals surface area (Å²) in [4.78, 5) is 23.0. The van der Waals surface area contributed by atoms with Crippen LogP contribution in [0.3, 0.4) is 0 Å². The lowest BCUT2D eigenvalue weighted by atomic mass is 10.0. The summed E-state index contributed by atoms with van der Waals surface area (Å²) < 4.78 is 4.65. The predicted octanol–water partition coefficient (Wildman–Crippen LogP) is 0.819. The highest BCUT2D eigenvalue weighted by molar-refractivity contribution is 5.84. The fraction of sp³-hybridized carbons (Fsp3) is 0.833. The number of methoxy groups -OCH3 is 1. The van der Waals surface area contributed by atoms with Gasteiger partial charge < -0.3 is 15.8 Å². The molecule has 0 aliphatic heterocycles. The van der Waals surface area contributed by atoms with Gasteiger partial charge in [-0.2, -0.15) is 0 Å². The third kappa shape index (κ3) is 6.94. The van der Waals surface area contributed by atoms with Crippen LogP contribution < -0.4 is 11.1 Å². The summed E-state index contributed by atoms with van der Waals surface area (Å²) in [5, 5.41) is 2.70. The molecule has 100 valence electrons. The predicted molar refractivity (Wildman–Crippen MR) is 66.3 cm³/mol. The number of carbonyl (C=O) groups excluding carboxylic acids is 2. The van der Waals surface area contributed by atoms with Crippen molar-refractivity contribution in [3.05, 3.63) is 0 Å². The Balaban J connectivity index is 4.00. The van der Waals surface area contributed by atoms with E-state index < -0.39 is 12.0 Å². The molecule has 0 rings (SSSR count). The number of rotatable bonds is 8. The summed E-state index contributed by atoms with van der Waals surface area (Å²) in [6.07, 6.45) is 3.10. The van der Waals surface area contributed by atoms with Crippen LogP contribution in [-0.4, -0.2) is 31.6 Å². The number of amides is 1. The van der Waals surface area contributed by atoms with Crippen LogP contribution in [0, 0.1) is 5.92 Å². The molecule has 1 atom stereocenters. The van der Waals surface area contributed by atoms with Gasteiger partial charge in [-0.1, -0.05) is 20.3 Å². The third-order valence-electron chi connectivity index (χ3n) is 2.55. The van der Waals surface area contributed by atoms with Crippen molar-refractivity contribution in [2.24, 2.45) is 11.7 Å². The highest BCUT2D eigenvalue weighted by Crippen LogP contribution is 2.05. The van der Waals surface area contributed by atoms with Crippen LogP contribution in [0.2, 0.25) is 0 Å². The Kier molecular flexibility index (Phi) is 8.40. The Labute approximate surface area is 103 Å². The van der Waals surface area contributed by atoms with Gasteiger partial charge in [0, 0.05) is 6.42 Å². The SMILES string of the molecule is COC(=O)C(NC(=O)CCCCCN)C(C)C. The van der Waals surface area contributed by atoms with E-state index in [1.807, 2.05) is 13.8 Å². The maximum Gasteiger partial charge on any atom is 0.328 e. The molecule has 1 unspecified atom stereocenters. The molecule has 0 spiro atoms. The van der Waals surface area contributed by atoms with Crippen LogP contribution in [0.4, 0.5) is 0 Å². The van der Waals surface area contributed by atoms with Crippen LogP contribution in [0.5, 0.6) is 0 Å². The molecule has 0 heterocycles. The molecule has 17 heavy (non-hydrogen) atoms. The van der Waals surface area contributed by atoms with E-state index in [2.05, 4.69) is 10.1 Å². The molecule has 0 bridgehead atoms. The van der Waals surface area contributed by atoms with Gasteiger partial charge in [-0.25, -0.2) is 4.79 Å². The second kappa shape index (κ2) is 8.98. The van der Waals surface area contributed by atoms with Gasteiger partial charge in [-0.15, -0.1) is 0 Å². The van der Waals surface area contributed by atoms with Gasteiger partial charge >= 0.3 is 5.97 Å². The zero-order valence-corrected chi connectivity index (χ0v) is 11.0. The van der Waals surface area contributed by atoms with Gasteiger partial charge in [0.15, 0.2) is 0 Å². The maximum atomic E-state index is 11.6. The second-order valence-corrected chi connectivity index (χ2v) is 4.41. The number of hydrogen-bond donors (Lipinski definition) is 2. The highest BCUT2D eigenvalue weighted by Gasteiger charge is 2.24. The van der Waals surface area contributed by atoms with E-state index in [1.165, 1.54) is 7.11 Å². The normalized spacial score (nSPS) is 12.3. The van der Waals surface area contributed by atoms with Gasteiger partial charge in [0.05, 0.1) is 7.11 Å². The van der Waals surface area contributed by atoms with E-state index in [4.69, 9.17) is 5.73 Å². The Hall–Kier alpha value is -1.10. The van der Waals surface area contributed by atoms with E-state index in [1.54, 1.807) is 0 Å². The summed E-state index contributed by atoms with van der Waals surface area (Å²) in [7, 11) is 1.32. The molecular weight excluding hydrogens is 220 g/mol. The van der Waals surface area contributed by atoms with Gasteiger partial charge in [-0.3, -0.25) is 4.79 Å². The first-order valence-corrected chi connectivity index (χ1v) is 6.10. The van der Waals surface area contributed by atoms with Gasteiger partial charge in [0.25, 0.3) is 0 Å². The van der Waals surface area contributed by atoms with Crippen molar-refractivity contribution in [3.8, 4) is 0 Å². The molecule has 5 heteroatoms. The zero-order valence-electron chi connectivity index (χ0n) is 11.0. The lowest BCUT2D eigenvalue weighted by Crippen LogP contribution is -2.44. The Morgan fingerprint density at radius 3 is 2.35 bits per heavy atom. The Morgan fingerprint density at radius 1 is 1.24 bits per heavy atom. The maximum absolute atomic E-state index is 11.6. The largest absolute Gasteiger partial charge is 0.467 e. The van der Waals surface area contributed by atoms with Crippen molar-refractivity contribution < 1.29 is 14.3 Å². The minimum absolute atomic E-state index is 0.0236. The molecule has 0 aliphatic rings. The van der Waals surface area contributed by atoms with Crippen LogP contribution in [-0.2, 0) is 14.3 Å². The lowest BCUT2D eigenvalue weighted by molar-refractivity contribution is -0.146. The number of carbonyl (C=O) groups is 2. The molecule has 3 N–H and O–H groups in total. The summed E-state index contributed by atoms with van der Waals surface area (Å²) >= 11 is 0. The van der Waals surface area contributed by atoms with E-state index in [0.29, 0.717) is 13.0 Å². The third-order valence-corrected chi connectivity index (χ3v) is 2.55. The topological polar surface area (TPSA) is 81.4 Å². The molecule has 5 nitrogen and oxygen atoms in total. The first kappa shape index (κ1) is 15.9. The van der Waals surface area contributed by atoms with E-state index >= 15 is 0 Å². The van der Waals surface area contributed by atoms with E-state index in [0.717, 1.165) is 19.3 Å².